The molecule has 0 radical (unpaired) electrons. The Kier molecular flexibility index (Phi) is 4.03. The number of furan rings is 1. The molecule has 22 heavy (non-hydrogen) atoms. The summed E-state index contributed by atoms with van der Waals surface area (Å²) in [5.41, 5.74) is 0.831. The molecule has 0 saturated heterocycles. The highest BCUT2D eigenvalue weighted by molar-refractivity contribution is 7.18. The number of hydrogen-bond donors (Lipinski definition) is 0. The Balaban J connectivity index is 1.75. The molecule has 1 aromatic carbocycles. The summed E-state index contributed by atoms with van der Waals surface area (Å²) in [4.78, 5) is 16.7. The number of thiazole rings is 1. The third-order valence-electron chi connectivity index (χ3n) is 3.42. The van der Waals surface area contributed by atoms with E-state index < -0.39 is 5.92 Å². The highest BCUT2D eigenvalue weighted by Gasteiger charge is 2.23. The average Bonchev–Trinajstić information content (AvgIpc) is 3.11. The van der Waals surface area contributed by atoms with E-state index in [0.717, 1.165) is 21.7 Å². The predicted molar refractivity (Wildman–Crippen MR) is 84.7 cm³/mol. The number of rotatable bonds is 5. The lowest BCUT2D eigenvalue weighted by Crippen LogP contribution is -2.11. The van der Waals surface area contributed by atoms with Crippen molar-refractivity contribution in [1.82, 2.24) is 4.98 Å². The van der Waals surface area contributed by atoms with E-state index in [9.17, 15) is 10.1 Å². The zero-order valence-corrected chi connectivity index (χ0v) is 12.9. The Hall–Kier alpha value is -2.45. The molecule has 0 aliphatic heterocycles. The van der Waals surface area contributed by atoms with Crippen molar-refractivity contribution in [1.29, 1.82) is 5.26 Å². The van der Waals surface area contributed by atoms with Gasteiger partial charge < -0.3 is 4.42 Å². The first kappa shape index (κ1) is 14.5. The third-order valence-corrected chi connectivity index (χ3v) is 4.52. The number of aromatic nitrogens is 1. The van der Waals surface area contributed by atoms with E-state index in [-0.39, 0.29) is 12.2 Å². The highest BCUT2D eigenvalue weighted by Crippen LogP contribution is 2.28. The molecular formula is C17H14N2O2S. The Morgan fingerprint density at radius 1 is 1.36 bits per heavy atom. The van der Waals surface area contributed by atoms with E-state index in [1.165, 1.54) is 11.3 Å². The summed E-state index contributed by atoms with van der Waals surface area (Å²) in [6.45, 7) is 1.87. The average molecular weight is 310 g/mol. The summed E-state index contributed by atoms with van der Waals surface area (Å²) < 4.78 is 6.45. The van der Waals surface area contributed by atoms with Gasteiger partial charge in [0.1, 0.15) is 16.5 Å². The zero-order chi connectivity index (χ0) is 15.5. The van der Waals surface area contributed by atoms with Gasteiger partial charge in [-0.3, -0.25) is 4.79 Å². The summed E-state index contributed by atoms with van der Waals surface area (Å²) in [7, 11) is 0. The van der Waals surface area contributed by atoms with E-state index in [0.29, 0.717) is 11.4 Å². The number of Topliss-reactive ketones (excluding diaryl/α,β-unsaturated/α-hetero) is 1. The van der Waals surface area contributed by atoms with Crippen LogP contribution in [0.3, 0.4) is 0 Å². The van der Waals surface area contributed by atoms with Gasteiger partial charge in [-0.15, -0.1) is 11.3 Å². The molecule has 1 unspecified atom stereocenters. The predicted octanol–water partition coefficient (Wildman–Crippen LogP) is 4.01. The molecule has 0 bridgehead atoms. The van der Waals surface area contributed by atoms with Crippen LogP contribution in [0.5, 0.6) is 0 Å². The summed E-state index contributed by atoms with van der Waals surface area (Å²) in [6, 6.07) is 13.5. The van der Waals surface area contributed by atoms with Gasteiger partial charge in [-0.25, -0.2) is 4.98 Å². The maximum atomic E-state index is 12.3. The van der Waals surface area contributed by atoms with E-state index in [2.05, 4.69) is 11.1 Å². The summed E-state index contributed by atoms with van der Waals surface area (Å²) in [5.74, 6) is 0.682. The van der Waals surface area contributed by atoms with Crippen LogP contribution in [0.2, 0.25) is 0 Å². The standard InChI is InChI=1S/C17H14N2O2S/c1-11-6-7-12(21-11)8-9-15(20)13(10-18)17-19-14-4-2-3-5-16(14)22-17/h2-7,13H,8-9H2,1H3. The molecule has 0 amide bonds. The minimum atomic E-state index is -0.798. The molecule has 0 spiro atoms. The van der Waals surface area contributed by atoms with Crippen LogP contribution in [-0.4, -0.2) is 10.8 Å². The van der Waals surface area contributed by atoms with Gasteiger partial charge in [0.15, 0.2) is 11.7 Å². The number of hydrogen-bond acceptors (Lipinski definition) is 5. The zero-order valence-electron chi connectivity index (χ0n) is 12.1. The number of nitrogens with zero attached hydrogens (tertiary/aromatic N) is 2. The second-order valence-corrected chi connectivity index (χ2v) is 6.12. The maximum absolute atomic E-state index is 12.3. The van der Waals surface area contributed by atoms with E-state index in [1.807, 2.05) is 43.3 Å². The number of fused-ring (bicyclic) bond motifs is 1. The van der Waals surface area contributed by atoms with Crippen molar-refractivity contribution < 1.29 is 9.21 Å². The van der Waals surface area contributed by atoms with Gasteiger partial charge in [0.05, 0.1) is 16.3 Å². The van der Waals surface area contributed by atoms with Crippen molar-refractivity contribution in [3.8, 4) is 6.07 Å². The van der Waals surface area contributed by atoms with E-state index in [4.69, 9.17) is 4.42 Å². The van der Waals surface area contributed by atoms with Gasteiger partial charge in [0.25, 0.3) is 0 Å². The molecule has 0 fully saturated rings. The number of nitriles is 1. The highest BCUT2D eigenvalue weighted by atomic mass is 32.1. The van der Waals surface area contributed by atoms with Gasteiger partial charge in [-0.05, 0) is 31.2 Å². The van der Waals surface area contributed by atoms with Crippen molar-refractivity contribution >= 4 is 27.3 Å². The molecule has 3 aromatic rings. The normalized spacial score (nSPS) is 12.2. The molecule has 5 heteroatoms. The van der Waals surface area contributed by atoms with Crippen molar-refractivity contribution in [2.75, 3.05) is 0 Å². The molecule has 2 aromatic heterocycles. The second kappa shape index (κ2) is 6.12. The first-order valence-corrected chi connectivity index (χ1v) is 7.82. The molecular weight excluding hydrogens is 296 g/mol. The van der Waals surface area contributed by atoms with Crippen LogP contribution in [0.4, 0.5) is 0 Å². The van der Waals surface area contributed by atoms with Crippen LogP contribution in [0.1, 0.15) is 28.9 Å². The van der Waals surface area contributed by atoms with Crippen molar-refractivity contribution in [2.24, 2.45) is 0 Å². The van der Waals surface area contributed by atoms with Gasteiger partial charge in [0, 0.05) is 12.8 Å². The lowest BCUT2D eigenvalue weighted by molar-refractivity contribution is -0.119. The molecule has 0 saturated carbocycles. The lowest BCUT2D eigenvalue weighted by Gasteiger charge is -2.03. The molecule has 0 N–H and O–H groups in total. The molecule has 2 heterocycles. The number of benzene rings is 1. The van der Waals surface area contributed by atoms with Crippen LogP contribution in [0.25, 0.3) is 10.2 Å². The monoisotopic (exact) mass is 310 g/mol. The topological polar surface area (TPSA) is 66.9 Å². The molecule has 0 aliphatic rings. The molecule has 4 nitrogen and oxygen atoms in total. The number of carbonyl (C=O) groups excluding carboxylic acids is 1. The number of para-hydroxylation sites is 1. The Bertz CT molecular complexity index is 824. The van der Waals surface area contributed by atoms with Crippen LogP contribution in [0.15, 0.2) is 40.8 Å². The minimum absolute atomic E-state index is 0.115. The molecule has 3 rings (SSSR count). The number of aryl methyl sites for hydroxylation is 2. The number of ketones is 1. The van der Waals surface area contributed by atoms with E-state index >= 15 is 0 Å². The van der Waals surface area contributed by atoms with Gasteiger partial charge in [0.2, 0.25) is 0 Å². The quantitative estimate of drug-likeness (QED) is 0.714. The Morgan fingerprint density at radius 2 is 2.18 bits per heavy atom. The molecule has 1 atom stereocenters. The summed E-state index contributed by atoms with van der Waals surface area (Å²) in [6.07, 6.45) is 0.789. The van der Waals surface area contributed by atoms with Crippen LogP contribution in [-0.2, 0) is 11.2 Å². The van der Waals surface area contributed by atoms with Gasteiger partial charge in [-0.2, -0.15) is 5.26 Å². The van der Waals surface area contributed by atoms with Crippen LogP contribution < -0.4 is 0 Å². The Morgan fingerprint density at radius 3 is 2.86 bits per heavy atom. The SMILES string of the molecule is Cc1ccc(CCC(=O)C(C#N)c2nc3ccccc3s2)o1. The van der Waals surface area contributed by atoms with Crippen LogP contribution in [0, 0.1) is 18.3 Å². The first-order chi connectivity index (χ1) is 10.7. The maximum Gasteiger partial charge on any atom is 0.157 e. The Labute approximate surface area is 132 Å². The lowest BCUT2D eigenvalue weighted by atomic mass is 10.0. The van der Waals surface area contributed by atoms with Crippen molar-refractivity contribution in [2.45, 2.75) is 25.7 Å². The van der Waals surface area contributed by atoms with Crippen molar-refractivity contribution in [3.05, 3.63) is 52.9 Å². The van der Waals surface area contributed by atoms with Gasteiger partial charge in [-0.1, -0.05) is 12.1 Å². The largest absolute Gasteiger partial charge is 0.466 e. The summed E-state index contributed by atoms with van der Waals surface area (Å²) >= 11 is 1.41. The van der Waals surface area contributed by atoms with E-state index in [1.54, 1.807) is 0 Å². The van der Waals surface area contributed by atoms with Crippen molar-refractivity contribution in [3.63, 3.8) is 0 Å². The fraction of sp³-hybridized carbons (Fsp3) is 0.235. The molecule has 0 aliphatic carbocycles. The fourth-order valence-corrected chi connectivity index (χ4v) is 3.32. The van der Waals surface area contributed by atoms with Crippen LogP contribution >= 0.6 is 11.3 Å². The molecule has 110 valence electrons. The van der Waals surface area contributed by atoms with Gasteiger partial charge >= 0.3 is 0 Å². The summed E-state index contributed by atoms with van der Waals surface area (Å²) in [5, 5.41) is 9.92. The first-order valence-electron chi connectivity index (χ1n) is 7.00. The second-order valence-electron chi connectivity index (χ2n) is 5.06. The number of carbonyl (C=O) groups is 1. The minimum Gasteiger partial charge on any atom is -0.466 e. The third kappa shape index (κ3) is 2.92. The smallest absolute Gasteiger partial charge is 0.157 e. The fourth-order valence-electron chi connectivity index (χ4n) is 2.29.